The summed E-state index contributed by atoms with van der Waals surface area (Å²) in [6, 6.07) is 6.56. The molecule has 3 heterocycles. The van der Waals surface area contributed by atoms with Crippen molar-refractivity contribution in [1.29, 1.82) is 0 Å². The largest absolute Gasteiger partial charge is 0.369 e. The number of likely N-dealkylation sites (tertiary alicyclic amines) is 1. The molecule has 0 bridgehead atoms. The molecule has 1 saturated carbocycles. The summed E-state index contributed by atoms with van der Waals surface area (Å²) in [5.74, 6) is -0.221. The molecular formula is C30H44N4O4. The van der Waals surface area contributed by atoms with Crippen LogP contribution in [-0.2, 0) is 14.3 Å². The lowest BCUT2D eigenvalue weighted by Gasteiger charge is -2.35. The summed E-state index contributed by atoms with van der Waals surface area (Å²) in [7, 11) is 2.13. The number of ketones is 1. The van der Waals surface area contributed by atoms with Crippen molar-refractivity contribution >= 4 is 23.3 Å². The molecule has 38 heavy (non-hydrogen) atoms. The Morgan fingerprint density at radius 3 is 2.29 bits per heavy atom. The first kappa shape index (κ1) is 27.1. The van der Waals surface area contributed by atoms with Crippen molar-refractivity contribution in [2.75, 3.05) is 51.3 Å². The minimum absolute atomic E-state index is 0.0247. The molecule has 0 aromatic heterocycles. The van der Waals surface area contributed by atoms with E-state index in [1.165, 1.54) is 0 Å². The molecule has 8 heteroatoms. The van der Waals surface area contributed by atoms with Gasteiger partial charge in [-0.25, -0.2) is 0 Å². The molecule has 0 unspecified atom stereocenters. The van der Waals surface area contributed by atoms with Gasteiger partial charge in [-0.15, -0.1) is 0 Å². The molecule has 4 aliphatic rings. The number of piperazine rings is 1. The van der Waals surface area contributed by atoms with Gasteiger partial charge in [0.15, 0.2) is 5.78 Å². The maximum Gasteiger partial charge on any atom is 0.251 e. The molecule has 1 aromatic rings. The maximum atomic E-state index is 14.2. The molecule has 1 aliphatic carbocycles. The lowest BCUT2D eigenvalue weighted by molar-refractivity contribution is -0.139. The first-order chi connectivity index (χ1) is 18.1. The molecule has 8 nitrogen and oxygen atoms in total. The third-order valence-electron chi connectivity index (χ3n) is 9.25. The van der Waals surface area contributed by atoms with E-state index >= 15 is 0 Å². The second-order valence-electron chi connectivity index (χ2n) is 12.8. The molecule has 3 saturated heterocycles. The number of ether oxygens (including phenoxy) is 1. The van der Waals surface area contributed by atoms with Crippen molar-refractivity contribution in [2.45, 2.75) is 71.1 Å². The van der Waals surface area contributed by atoms with Crippen molar-refractivity contribution < 1.29 is 19.1 Å². The number of Topliss-reactive ketones (excluding diaryl/α,β-unsaturated/α-hetero) is 1. The van der Waals surface area contributed by atoms with Crippen LogP contribution >= 0.6 is 0 Å². The highest BCUT2D eigenvalue weighted by molar-refractivity contribution is 5.99. The Morgan fingerprint density at radius 1 is 1.00 bits per heavy atom. The van der Waals surface area contributed by atoms with Gasteiger partial charge in [0.25, 0.3) is 5.91 Å². The van der Waals surface area contributed by atoms with E-state index in [9.17, 15) is 14.4 Å². The van der Waals surface area contributed by atoms with Gasteiger partial charge < -0.3 is 24.8 Å². The van der Waals surface area contributed by atoms with Gasteiger partial charge in [0.2, 0.25) is 5.91 Å². The van der Waals surface area contributed by atoms with Crippen LogP contribution in [-0.4, -0.2) is 92.0 Å². The normalized spacial score (nSPS) is 27.9. The zero-order valence-corrected chi connectivity index (χ0v) is 23.4. The number of hydrogen-bond acceptors (Lipinski definition) is 6. The zero-order valence-electron chi connectivity index (χ0n) is 23.4. The number of hydrogen-bond donors (Lipinski definition) is 1. The van der Waals surface area contributed by atoms with Gasteiger partial charge in [-0.3, -0.25) is 14.4 Å². The highest BCUT2D eigenvalue weighted by atomic mass is 16.5. The van der Waals surface area contributed by atoms with Crippen LogP contribution in [0.4, 0.5) is 5.69 Å². The molecule has 4 fully saturated rings. The van der Waals surface area contributed by atoms with Gasteiger partial charge in [0.05, 0.1) is 6.10 Å². The summed E-state index contributed by atoms with van der Waals surface area (Å²) in [6.45, 7) is 11.0. The lowest BCUT2D eigenvalue weighted by atomic mass is 9.78. The van der Waals surface area contributed by atoms with Gasteiger partial charge >= 0.3 is 0 Å². The average molecular weight is 525 g/mol. The number of likely N-dealkylation sites (N-methyl/N-ethyl adjacent to an activating group) is 1. The van der Waals surface area contributed by atoms with Crippen LogP contribution < -0.4 is 10.2 Å². The van der Waals surface area contributed by atoms with Crippen LogP contribution in [0.25, 0.3) is 0 Å². The number of amides is 2. The standard InChI is InChI=1S/C30H44N4O4/c1-30(2,3)23-18-34(26-24(35)19-38-27(23)26)29(37)25(20-8-6-5-7-9-20)31-28(36)21-10-12-22(13-11-21)33-16-14-32(4)15-17-33/h10-13,20,23,25-27H,5-9,14-19H2,1-4H3,(H,31,36)/t23-,25-,26+,27+/m0/s1. The minimum atomic E-state index is -0.632. The Balaban J connectivity index is 1.34. The van der Waals surface area contributed by atoms with Crippen molar-refractivity contribution in [1.82, 2.24) is 15.1 Å². The number of carbonyl (C=O) groups excluding carboxylic acids is 3. The molecule has 1 N–H and O–H groups in total. The summed E-state index contributed by atoms with van der Waals surface area (Å²) < 4.78 is 5.91. The summed E-state index contributed by atoms with van der Waals surface area (Å²) in [4.78, 5) is 46.9. The van der Waals surface area contributed by atoms with E-state index in [2.05, 4.69) is 42.9 Å². The van der Waals surface area contributed by atoms with Gasteiger partial charge in [0, 0.05) is 49.9 Å². The highest BCUT2D eigenvalue weighted by Crippen LogP contribution is 2.42. The summed E-state index contributed by atoms with van der Waals surface area (Å²) in [5, 5.41) is 3.13. The van der Waals surface area contributed by atoms with Crippen molar-refractivity contribution in [3.63, 3.8) is 0 Å². The van der Waals surface area contributed by atoms with Gasteiger partial charge in [-0.05, 0) is 55.5 Å². The van der Waals surface area contributed by atoms with E-state index in [0.717, 1.165) is 64.0 Å². The molecule has 1 aromatic carbocycles. The number of anilines is 1. The van der Waals surface area contributed by atoms with Crippen molar-refractivity contribution in [3.8, 4) is 0 Å². The van der Waals surface area contributed by atoms with E-state index in [0.29, 0.717) is 12.1 Å². The van der Waals surface area contributed by atoms with Crippen molar-refractivity contribution in [2.24, 2.45) is 17.3 Å². The Morgan fingerprint density at radius 2 is 1.66 bits per heavy atom. The number of fused-ring (bicyclic) bond motifs is 1. The summed E-state index contributed by atoms with van der Waals surface area (Å²) in [5.41, 5.74) is 1.58. The molecular weight excluding hydrogens is 480 g/mol. The van der Waals surface area contributed by atoms with Crippen LogP contribution in [0.15, 0.2) is 24.3 Å². The number of nitrogens with one attached hydrogen (secondary N) is 1. The van der Waals surface area contributed by atoms with Gasteiger partial charge in [0.1, 0.15) is 18.7 Å². The summed E-state index contributed by atoms with van der Waals surface area (Å²) in [6.07, 6.45) is 4.83. The SMILES string of the molecule is CN1CCN(c2ccc(C(=O)N[C@H](C(=O)N3C[C@H](C(C)(C)C)[C@H]4OCC(=O)[C@H]43)C3CCCCC3)cc2)CC1. The van der Waals surface area contributed by atoms with Crippen LogP contribution in [0.3, 0.4) is 0 Å². The fourth-order valence-electron chi connectivity index (χ4n) is 6.79. The van der Waals surface area contributed by atoms with Gasteiger partial charge in [-0.1, -0.05) is 40.0 Å². The first-order valence-corrected chi connectivity index (χ1v) is 14.4. The molecule has 0 radical (unpaired) electrons. The number of benzene rings is 1. The van der Waals surface area contributed by atoms with Crippen LogP contribution in [0.2, 0.25) is 0 Å². The lowest BCUT2D eigenvalue weighted by Crippen LogP contribution is -2.55. The predicted molar refractivity (Wildman–Crippen MR) is 147 cm³/mol. The quantitative estimate of drug-likeness (QED) is 0.638. The molecule has 4 atom stereocenters. The van der Waals surface area contributed by atoms with Crippen LogP contribution in [0, 0.1) is 17.3 Å². The van der Waals surface area contributed by atoms with E-state index < -0.39 is 12.1 Å². The smallest absolute Gasteiger partial charge is 0.251 e. The van der Waals surface area contributed by atoms with Gasteiger partial charge in [-0.2, -0.15) is 0 Å². The first-order valence-electron chi connectivity index (χ1n) is 14.4. The van der Waals surface area contributed by atoms with E-state index in [-0.39, 0.29) is 47.6 Å². The predicted octanol–water partition coefficient (Wildman–Crippen LogP) is 2.96. The molecule has 5 rings (SSSR count). The third kappa shape index (κ3) is 5.48. The van der Waals surface area contributed by atoms with Crippen LogP contribution in [0.5, 0.6) is 0 Å². The van der Waals surface area contributed by atoms with E-state index in [1.54, 1.807) is 4.90 Å². The second-order valence-corrected chi connectivity index (χ2v) is 12.8. The fraction of sp³-hybridized carbons (Fsp3) is 0.700. The minimum Gasteiger partial charge on any atom is -0.369 e. The monoisotopic (exact) mass is 524 g/mol. The summed E-state index contributed by atoms with van der Waals surface area (Å²) >= 11 is 0. The number of nitrogens with zero attached hydrogens (tertiary/aromatic N) is 3. The maximum absolute atomic E-state index is 14.2. The molecule has 3 aliphatic heterocycles. The third-order valence-corrected chi connectivity index (χ3v) is 9.25. The Hall–Kier alpha value is -2.45. The number of carbonyl (C=O) groups is 3. The Bertz CT molecular complexity index is 1020. The Kier molecular flexibility index (Phi) is 7.83. The van der Waals surface area contributed by atoms with E-state index in [1.807, 2.05) is 24.3 Å². The van der Waals surface area contributed by atoms with Crippen molar-refractivity contribution in [3.05, 3.63) is 29.8 Å². The Labute approximate surface area is 227 Å². The molecule has 2 amide bonds. The van der Waals surface area contributed by atoms with E-state index in [4.69, 9.17) is 4.74 Å². The highest BCUT2D eigenvalue weighted by Gasteiger charge is 2.56. The molecule has 0 spiro atoms. The average Bonchev–Trinajstić information content (AvgIpc) is 3.48. The zero-order chi connectivity index (χ0) is 27.0. The number of rotatable bonds is 5. The topological polar surface area (TPSA) is 82.2 Å². The second kappa shape index (κ2) is 11.0. The fourth-order valence-corrected chi connectivity index (χ4v) is 6.79. The molecule has 208 valence electrons. The van der Waals surface area contributed by atoms with Crippen LogP contribution in [0.1, 0.15) is 63.2 Å².